The first-order valence-electron chi connectivity index (χ1n) is 12.2. The number of fused-ring (bicyclic) bond motifs is 1. The average molecular weight is 416 g/mol. The van der Waals surface area contributed by atoms with Crippen molar-refractivity contribution in [3.05, 3.63) is 41.5 Å². The first kappa shape index (κ1) is 26.4. The molecule has 1 saturated heterocycles. The van der Waals surface area contributed by atoms with E-state index in [1.807, 2.05) is 34.6 Å². The number of aryl methyl sites for hydroxylation is 1. The Balaban J connectivity index is 0.00000106. The summed E-state index contributed by atoms with van der Waals surface area (Å²) in [6, 6.07) is 8.62. The summed E-state index contributed by atoms with van der Waals surface area (Å²) in [6.45, 7) is 14.8. The van der Waals surface area contributed by atoms with E-state index in [1.165, 1.54) is 29.5 Å². The number of hydrogen-bond acceptors (Lipinski definition) is 2. The second-order valence-corrected chi connectivity index (χ2v) is 8.28. The number of carbonyl (C=O) groups is 1. The zero-order valence-corrected chi connectivity index (χ0v) is 20.5. The van der Waals surface area contributed by atoms with E-state index in [2.05, 4.69) is 49.1 Å². The van der Waals surface area contributed by atoms with Gasteiger partial charge in [-0.3, -0.25) is 4.79 Å². The quantitative estimate of drug-likeness (QED) is 0.589. The average Bonchev–Trinajstić information content (AvgIpc) is 2.78. The molecule has 1 aliphatic heterocycles. The Morgan fingerprint density at radius 1 is 1.13 bits per heavy atom. The fraction of sp³-hybridized carbons (Fsp3) is 0.667. The third kappa shape index (κ3) is 6.44. The first-order valence-corrected chi connectivity index (χ1v) is 12.2. The Morgan fingerprint density at radius 2 is 1.77 bits per heavy atom. The molecule has 3 rings (SSSR count). The molecule has 1 aromatic rings. The summed E-state index contributed by atoms with van der Waals surface area (Å²) in [5.41, 5.74) is 3.15. The van der Waals surface area contributed by atoms with Gasteiger partial charge in [-0.2, -0.15) is 0 Å². The molecule has 1 aliphatic carbocycles. The summed E-state index contributed by atoms with van der Waals surface area (Å²) in [7, 11) is 0. The summed E-state index contributed by atoms with van der Waals surface area (Å²) >= 11 is 0. The molecule has 3 atom stereocenters. The van der Waals surface area contributed by atoms with Gasteiger partial charge < -0.3 is 10.0 Å². The molecule has 0 spiro atoms. The van der Waals surface area contributed by atoms with Gasteiger partial charge in [-0.05, 0) is 63.2 Å². The lowest BCUT2D eigenvalue weighted by molar-refractivity contribution is -0.150. The van der Waals surface area contributed by atoms with Gasteiger partial charge in [-0.1, -0.05) is 70.9 Å². The second kappa shape index (κ2) is 12.9. The molecule has 3 heteroatoms. The molecule has 0 bridgehead atoms. The molecule has 3 unspecified atom stereocenters. The van der Waals surface area contributed by atoms with E-state index in [9.17, 15) is 9.90 Å². The van der Waals surface area contributed by atoms with E-state index in [4.69, 9.17) is 0 Å². The van der Waals surface area contributed by atoms with Crippen molar-refractivity contribution in [2.24, 2.45) is 5.92 Å². The highest BCUT2D eigenvalue weighted by atomic mass is 16.3. The standard InChI is InChI=1S/C23H33NO2.2C2H6/c1-4-18(19-10-6-5-9-17(19)2)13-14-22(25)24-16-15-23(3,26)20-11-7-8-12-21(20)24;2*1-2/h4-6,9-10,20-21,26H,7-8,11-16H2,1-3H3;2*1-2H3/b18-4-;;. The minimum Gasteiger partial charge on any atom is -0.390 e. The van der Waals surface area contributed by atoms with E-state index in [1.54, 1.807) is 0 Å². The summed E-state index contributed by atoms with van der Waals surface area (Å²) < 4.78 is 0. The SMILES string of the molecule is C/C=C(/CCC(=O)N1CCC(C)(O)C2CCCCC21)c1ccccc1C.CC.CC. The van der Waals surface area contributed by atoms with Crippen molar-refractivity contribution in [3.63, 3.8) is 0 Å². The highest BCUT2D eigenvalue weighted by Gasteiger charge is 2.46. The van der Waals surface area contributed by atoms with Crippen LogP contribution in [-0.4, -0.2) is 34.1 Å². The van der Waals surface area contributed by atoms with Crippen molar-refractivity contribution in [2.45, 2.75) is 105 Å². The molecule has 2 aliphatic rings. The minimum absolute atomic E-state index is 0.229. The molecular weight excluding hydrogens is 370 g/mol. The van der Waals surface area contributed by atoms with Crippen molar-refractivity contribution >= 4 is 11.5 Å². The number of allylic oxidation sites excluding steroid dienone is 2. The van der Waals surface area contributed by atoms with Crippen LogP contribution in [0, 0.1) is 12.8 Å². The van der Waals surface area contributed by atoms with Crippen LogP contribution in [0.1, 0.15) is 97.6 Å². The molecule has 0 aromatic heterocycles. The van der Waals surface area contributed by atoms with E-state index >= 15 is 0 Å². The van der Waals surface area contributed by atoms with Crippen LogP contribution in [0.15, 0.2) is 30.3 Å². The molecule has 1 heterocycles. The molecule has 1 N–H and O–H groups in total. The summed E-state index contributed by atoms with van der Waals surface area (Å²) in [4.78, 5) is 15.1. The van der Waals surface area contributed by atoms with Crippen LogP contribution in [0.3, 0.4) is 0 Å². The summed E-state index contributed by atoms with van der Waals surface area (Å²) in [5, 5.41) is 10.8. The molecule has 1 aromatic carbocycles. The van der Waals surface area contributed by atoms with Gasteiger partial charge in [0, 0.05) is 24.9 Å². The van der Waals surface area contributed by atoms with Gasteiger partial charge in [-0.25, -0.2) is 0 Å². The maximum absolute atomic E-state index is 13.0. The first-order chi connectivity index (χ1) is 14.4. The Kier molecular flexibility index (Phi) is 11.4. The predicted molar refractivity (Wildman–Crippen MR) is 129 cm³/mol. The predicted octanol–water partition coefficient (Wildman–Crippen LogP) is 6.77. The molecule has 30 heavy (non-hydrogen) atoms. The maximum Gasteiger partial charge on any atom is 0.223 e. The Labute approximate surface area is 185 Å². The highest BCUT2D eigenvalue weighted by molar-refractivity contribution is 5.80. The number of hydrogen-bond donors (Lipinski definition) is 1. The van der Waals surface area contributed by atoms with Crippen molar-refractivity contribution in [1.29, 1.82) is 0 Å². The van der Waals surface area contributed by atoms with Crippen molar-refractivity contribution in [1.82, 2.24) is 4.90 Å². The molecule has 1 saturated carbocycles. The van der Waals surface area contributed by atoms with E-state index in [0.717, 1.165) is 19.3 Å². The Morgan fingerprint density at radius 3 is 2.40 bits per heavy atom. The third-order valence-corrected chi connectivity index (χ3v) is 6.56. The zero-order chi connectivity index (χ0) is 22.7. The summed E-state index contributed by atoms with van der Waals surface area (Å²) in [6.07, 6.45) is 8.61. The monoisotopic (exact) mass is 415 g/mol. The van der Waals surface area contributed by atoms with Crippen LogP contribution >= 0.6 is 0 Å². The van der Waals surface area contributed by atoms with Gasteiger partial charge in [0.15, 0.2) is 0 Å². The lowest BCUT2D eigenvalue weighted by Gasteiger charge is -2.51. The van der Waals surface area contributed by atoms with Crippen molar-refractivity contribution in [2.75, 3.05) is 6.54 Å². The smallest absolute Gasteiger partial charge is 0.223 e. The molecule has 3 nitrogen and oxygen atoms in total. The number of likely N-dealkylation sites (tertiary alicyclic amines) is 1. The van der Waals surface area contributed by atoms with E-state index < -0.39 is 5.60 Å². The molecule has 1 amide bonds. The van der Waals surface area contributed by atoms with Gasteiger partial charge in [-0.15, -0.1) is 0 Å². The van der Waals surface area contributed by atoms with Gasteiger partial charge in [0.1, 0.15) is 0 Å². The zero-order valence-electron chi connectivity index (χ0n) is 20.5. The Hall–Kier alpha value is -1.61. The number of carbonyl (C=O) groups excluding carboxylic acids is 1. The van der Waals surface area contributed by atoms with Crippen LogP contribution in [0.25, 0.3) is 5.57 Å². The van der Waals surface area contributed by atoms with Crippen LogP contribution in [0.5, 0.6) is 0 Å². The lowest BCUT2D eigenvalue weighted by Crippen LogP contribution is -2.59. The van der Waals surface area contributed by atoms with E-state index in [-0.39, 0.29) is 17.9 Å². The van der Waals surface area contributed by atoms with Crippen molar-refractivity contribution in [3.8, 4) is 0 Å². The van der Waals surface area contributed by atoms with Crippen molar-refractivity contribution < 1.29 is 9.90 Å². The largest absolute Gasteiger partial charge is 0.390 e. The van der Waals surface area contributed by atoms with Gasteiger partial charge in [0.05, 0.1) is 5.60 Å². The number of benzene rings is 1. The van der Waals surface area contributed by atoms with Crippen LogP contribution in [0.4, 0.5) is 0 Å². The number of aliphatic hydroxyl groups is 1. The van der Waals surface area contributed by atoms with Crippen LogP contribution in [0.2, 0.25) is 0 Å². The number of nitrogens with zero attached hydrogens (tertiary/aromatic N) is 1. The number of piperidine rings is 1. The van der Waals surface area contributed by atoms with Gasteiger partial charge >= 0.3 is 0 Å². The Bertz CT molecular complexity index is 677. The lowest BCUT2D eigenvalue weighted by atomic mass is 9.70. The minimum atomic E-state index is -0.614. The molecular formula is C27H45NO2. The highest BCUT2D eigenvalue weighted by Crippen LogP contribution is 2.41. The summed E-state index contributed by atoms with van der Waals surface area (Å²) in [5.74, 6) is 0.497. The maximum atomic E-state index is 13.0. The van der Waals surface area contributed by atoms with Gasteiger partial charge in [0.25, 0.3) is 0 Å². The normalized spacial score (nSPS) is 25.9. The number of amides is 1. The fourth-order valence-corrected chi connectivity index (χ4v) is 4.97. The molecule has 2 fully saturated rings. The van der Waals surface area contributed by atoms with Gasteiger partial charge in [0.2, 0.25) is 5.91 Å². The topological polar surface area (TPSA) is 40.5 Å². The molecule has 170 valence electrons. The fourth-order valence-electron chi connectivity index (χ4n) is 4.97. The van der Waals surface area contributed by atoms with Crippen LogP contribution in [-0.2, 0) is 4.79 Å². The second-order valence-electron chi connectivity index (χ2n) is 8.28. The molecule has 0 radical (unpaired) electrons. The number of rotatable bonds is 4. The van der Waals surface area contributed by atoms with E-state index in [0.29, 0.717) is 19.4 Å². The van der Waals surface area contributed by atoms with Crippen LogP contribution < -0.4 is 0 Å². The third-order valence-electron chi connectivity index (χ3n) is 6.56.